The van der Waals surface area contributed by atoms with Crippen LogP contribution in [0.3, 0.4) is 0 Å². The van der Waals surface area contributed by atoms with Gasteiger partial charge in [-0.2, -0.15) is 0 Å². The van der Waals surface area contributed by atoms with Gasteiger partial charge in [-0.3, -0.25) is 0 Å². The smallest absolute Gasteiger partial charge is 0.0644 e. The number of anilines is 1. The number of hydrogen-bond acceptors (Lipinski definition) is 3. The number of unbranched alkanes of at least 4 members (excludes halogenated alkanes) is 2. The summed E-state index contributed by atoms with van der Waals surface area (Å²) in [5.41, 5.74) is 2.62. The van der Waals surface area contributed by atoms with Crippen molar-refractivity contribution < 1.29 is 9.47 Å². The molecule has 3 nitrogen and oxygen atoms in total. The highest BCUT2D eigenvalue weighted by atomic mass is 16.5. The summed E-state index contributed by atoms with van der Waals surface area (Å²) < 4.78 is 10.9. The summed E-state index contributed by atoms with van der Waals surface area (Å²) >= 11 is 0. The lowest BCUT2D eigenvalue weighted by atomic mass is 10.2. The van der Waals surface area contributed by atoms with E-state index in [0.29, 0.717) is 13.2 Å². The third-order valence-electron chi connectivity index (χ3n) is 3.77. The lowest BCUT2D eigenvalue weighted by Gasteiger charge is -2.25. The molecule has 0 radical (unpaired) electrons. The molecule has 1 aromatic rings. The van der Waals surface area contributed by atoms with Crippen LogP contribution >= 0.6 is 0 Å². The summed E-state index contributed by atoms with van der Waals surface area (Å²) in [6.07, 6.45) is 8.04. The van der Waals surface area contributed by atoms with Crippen LogP contribution in [0.25, 0.3) is 0 Å². The van der Waals surface area contributed by atoms with Gasteiger partial charge >= 0.3 is 0 Å². The average Bonchev–Trinajstić information content (AvgIpc) is 2.59. The van der Waals surface area contributed by atoms with Crippen molar-refractivity contribution in [3.05, 3.63) is 55.1 Å². The normalized spacial score (nSPS) is 10.5. The summed E-state index contributed by atoms with van der Waals surface area (Å²) in [5, 5.41) is 0. The van der Waals surface area contributed by atoms with Crippen LogP contribution in [0.2, 0.25) is 0 Å². The summed E-state index contributed by atoms with van der Waals surface area (Å²) in [7, 11) is 0. The van der Waals surface area contributed by atoms with Gasteiger partial charge in [-0.05, 0) is 50.3 Å². The molecular formula is C21H33NO2. The van der Waals surface area contributed by atoms with E-state index in [1.165, 1.54) is 11.3 Å². The number of nitrogens with zero attached hydrogens (tertiary/aromatic N) is 1. The molecule has 0 unspecified atom stereocenters. The van der Waals surface area contributed by atoms with Gasteiger partial charge in [-0.25, -0.2) is 0 Å². The second-order valence-corrected chi connectivity index (χ2v) is 5.97. The Morgan fingerprint density at radius 3 is 2.00 bits per heavy atom. The predicted octanol–water partition coefficient (Wildman–Crippen LogP) is 4.77. The highest BCUT2D eigenvalue weighted by molar-refractivity contribution is 5.48. The SMILES string of the molecule is C=CCOCCCCN(CCCCOCC=C)c1cccc(C)c1. The fraction of sp³-hybridized carbons (Fsp3) is 0.524. The standard InChI is InChI=1S/C21H33NO2/c1-4-15-23-17-8-6-13-22(14-7-9-18-24-16-5-2)21-12-10-11-20(3)19-21/h4-5,10-12,19H,1-2,6-9,13-18H2,3H3. The zero-order valence-electron chi connectivity index (χ0n) is 15.2. The zero-order chi connectivity index (χ0) is 17.5. The third kappa shape index (κ3) is 9.53. The maximum Gasteiger partial charge on any atom is 0.0644 e. The minimum absolute atomic E-state index is 0.645. The van der Waals surface area contributed by atoms with E-state index in [4.69, 9.17) is 9.47 Å². The molecule has 0 heterocycles. The molecule has 0 saturated heterocycles. The van der Waals surface area contributed by atoms with Gasteiger partial charge in [-0.1, -0.05) is 24.3 Å². The monoisotopic (exact) mass is 331 g/mol. The van der Waals surface area contributed by atoms with Crippen molar-refractivity contribution in [1.82, 2.24) is 0 Å². The van der Waals surface area contributed by atoms with Gasteiger partial charge in [0.15, 0.2) is 0 Å². The second-order valence-electron chi connectivity index (χ2n) is 5.97. The molecule has 0 bridgehead atoms. The van der Waals surface area contributed by atoms with Crippen LogP contribution < -0.4 is 4.90 Å². The first-order valence-corrected chi connectivity index (χ1v) is 8.97. The first-order valence-electron chi connectivity index (χ1n) is 8.97. The highest BCUT2D eigenvalue weighted by Gasteiger charge is 2.06. The van der Waals surface area contributed by atoms with E-state index < -0.39 is 0 Å². The van der Waals surface area contributed by atoms with Crippen molar-refractivity contribution in [3.63, 3.8) is 0 Å². The number of hydrogen-bond donors (Lipinski definition) is 0. The number of rotatable bonds is 15. The van der Waals surface area contributed by atoms with Gasteiger partial charge in [0.2, 0.25) is 0 Å². The van der Waals surface area contributed by atoms with Crippen LogP contribution in [0.1, 0.15) is 31.2 Å². The van der Waals surface area contributed by atoms with Crippen molar-refractivity contribution in [2.45, 2.75) is 32.6 Å². The molecule has 0 aliphatic rings. The first-order chi connectivity index (χ1) is 11.8. The molecule has 1 aromatic carbocycles. The minimum Gasteiger partial charge on any atom is -0.377 e. The number of ether oxygens (including phenoxy) is 2. The highest BCUT2D eigenvalue weighted by Crippen LogP contribution is 2.17. The fourth-order valence-corrected chi connectivity index (χ4v) is 2.54. The molecule has 0 fully saturated rings. The molecule has 24 heavy (non-hydrogen) atoms. The number of benzene rings is 1. The Balaban J connectivity index is 2.38. The minimum atomic E-state index is 0.645. The molecule has 0 atom stereocenters. The van der Waals surface area contributed by atoms with Crippen LogP contribution in [0.15, 0.2) is 49.6 Å². The van der Waals surface area contributed by atoms with E-state index in [-0.39, 0.29) is 0 Å². The van der Waals surface area contributed by atoms with E-state index >= 15 is 0 Å². The van der Waals surface area contributed by atoms with Crippen LogP contribution in [0.4, 0.5) is 5.69 Å². The van der Waals surface area contributed by atoms with Crippen molar-refractivity contribution >= 4 is 5.69 Å². The van der Waals surface area contributed by atoms with Gasteiger partial charge in [0.1, 0.15) is 0 Å². The topological polar surface area (TPSA) is 21.7 Å². The van der Waals surface area contributed by atoms with Gasteiger partial charge in [-0.15, -0.1) is 13.2 Å². The van der Waals surface area contributed by atoms with Crippen LogP contribution in [-0.4, -0.2) is 39.5 Å². The zero-order valence-corrected chi connectivity index (χ0v) is 15.2. The van der Waals surface area contributed by atoms with E-state index in [9.17, 15) is 0 Å². The molecular weight excluding hydrogens is 298 g/mol. The first kappa shape index (κ1) is 20.5. The fourth-order valence-electron chi connectivity index (χ4n) is 2.54. The van der Waals surface area contributed by atoms with Crippen LogP contribution in [0.5, 0.6) is 0 Å². The Hall–Kier alpha value is -1.58. The van der Waals surface area contributed by atoms with Crippen LogP contribution in [-0.2, 0) is 9.47 Å². The molecule has 0 aliphatic carbocycles. The summed E-state index contributed by atoms with van der Waals surface area (Å²) in [6.45, 7) is 14.5. The summed E-state index contributed by atoms with van der Waals surface area (Å²) in [5.74, 6) is 0. The Morgan fingerprint density at radius 2 is 1.50 bits per heavy atom. The van der Waals surface area contributed by atoms with Gasteiger partial charge in [0.05, 0.1) is 13.2 Å². The molecule has 134 valence electrons. The third-order valence-corrected chi connectivity index (χ3v) is 3.77. The largest absolute Gasteiger partial charge is 0.377 e. The van der Waals surface area contributed by atoms with Gasteiger partial charge in [0, 0.05) is 32.0 Å². The molecule has 0 aromatic heterocycles. The predicted molar refractivity (Wildman–Crippen MR) is 104 cm³/mol. The molecule has 0 amide bonds. The Bertz CT molecular complexity index is 439. The maximum absolute atomic E-state index is 5.46. The van der Waals surface area contributed by atoms with Crippen molar-refractivity contribution in [3.8, 4) is 0 Å². The average molecular weight is 332 g/mol. The van der Waals surface area contributed by atoms with Crippen molar-refractivity contribution in [1.29, 1.82) is 0 Å². The Kier molecular flexibility index (Phi) is 11.8. The maximum atomic E-state index is 5.46. The van der Waals surface area contributed by atoms with Crippen molar-refractivity contribution in [2.24, 2.45) is 0 Å². The molecule has 0 spiro atoms. The lowest BCUT2D eigenvalue weighted by molar-refractivity contribution is 0.157. The second kappa shape index (κ2) is 13.8. The lowest BCUT2D eigenvalue weighted by Crippen LogP contribution is -2.26. The molecule has 0 aliphatic heterocycles. The van der Waals surface area contributed by atoms with Gasteiger partial charge in [0.25, 0.3) is 0 Å². The van der Waals surface area contributed by atoms with E-state index in [1.807, 2.05) is 0 Å². The summed E-state index contributed by atoms with van der Waals surface area (Å²) in [4.78, 5) is 2.48. The van der Waals surface area contributed by atoms with Crippen LogP contribution in [0, 0.1) is 6.92 Å². The molecule has 0 saturated carbocycles. The molecule has 1 rings (SSSR count). The quantitative estimate of drug-likeness (QED) is 0.341. The van der Waals surface area contributed by atoms with E-state index in [0.717, 1.165) is 52.0 Å². The summed E-state index contributed by atoms with van der Waals surface area (Å²) in [6, 6.07) is 8.75. The molecule has 3 heteroatoms. The van der Waals surface area contributed by atoms with Crippen molar-refractivity contribution in [2.75, 3.05) is 44.4 Å². The van der Waals surface area contributed by atoms with E-state index in [2.05, 4.69) is 49.2 Å². The Morgan fingerprint density at radius 1 is 0.917 bits per heavy atom. The number of aryl methyl sites for hydroxylation is 1. The molecule has 0 N–H and O–H groups in total. The Labute approximate surface area is 148 Å². The van der Waals surface area contributed by atoms with Gasteiger partial charge < -0.3 is 14.4 Å². The van der Waals surface area contributed by atoms with E-state index in [1.54, 1.807) is 12.2 Å².